The smallest absolute Gasteiger partial charge is 0.233 e. The highest BCUT2D eigenvalue weighted by atomic mass is 32.2. The molecule has 0 unspecified atom stereocenters. The van der Waals surface area contributed by atoms with E-state index in [2.05, 4.69) is 22.4 Å². The molecular formula is C18H24N4O3S. The van der Waals surface area contributed by atoms with Gasteiger partial charge in [0.1, 0.15) is 6.33 Å². The molecule has 0 saturated carbocycles. The van der Waals surface area contributed by atoms with Crippen LogP contribution in [-0.4, -0.2) is 32.7 Å². The average molecular weight is 376 g/mol. The minimum Gasteiger partial charge on any atom is -0.454 e. The van der Waals surface area contributed by atoms with Crippen molar-refractivity contribution < 1.29 is 14.3 Å². The summed E-state index contributed by atoms with van der Waals surface area (Å²) in [5.41, 5.74) is 0.975. The number of thioether (sulfide) groups is 1. The summed E-state index contributed by atoms with van der Waals surface area (Å²) < 4.78 is 12.7. The van der Waals surface area contributed by atoms with E-state index in [0.717, 1.165) is 35.2 Å². The van der Waals surface area contributed by atoms with Crippen LogP contribution >= 0.6 is 11.8 Å². The van der Waals surface area contributed by atoms with Crippen molar-refractivity contribution in [2.24, 2.45) is 0 Å². The predicted octanol–water partition coefficient (Wildman–Crippen LogP) is 2.99. The molecule has 8 heteroatoms. The number of carbonyl (C=O) groups excluding carboxylic acids is 1. The lowest BCUT2D eigenvalue weighted by Gasteiger charge is -2.12. The summed E-state index contributed by atoms with van der Waals surface area (Å²) in [5.74, 6) is 1.43. The van der Waals surface area contributed by atoms with Crippen LogP contribution in [0.3, 0.4) is 0 Å². The van der Waals surface area contributed by atoms with E-state index in [4.69, 9.17) is 9.47 Å². The number of rotatable bonds is 9. The third-order valence-electron chi connectivity index (χ3n) is 4.14. The fourth-order valence-corrected chi connectivity index (χ4v) is 3.49. The molecule has 1 atom stereocenters. The average Bonchev–Trinajstić information content (AvgIpc) is 3.28. The van der Waals surface area contributed by atoms with E-state index >= 15 is 0 Å². The van der Waals surface area contributed by atoms with Crippen LogP contribution in [0.4, 0.5) is 0 Å². The first-order chi connectivity index (χ1) is 12.7. The van der Waals surface area contributed by atoms with Crippen molar-refractivity contribution in [1.82, 2.24) is 20.1 Å². The number of aryl methyl sites for hydroxylation is 1. The zero-order chi connectivity index (χ0) is 18.4. The Morgan fingerprint density at radius 1 is 1.35 bits per heavy atom. The Bertz CT molecular complexity index is 750. The molecule has 1 aromatic carbocycles. The molecule has 1 aliphatic rings. The normalized spacial score (nSPS) is 13.6. The Hall–Kier alpha value is -2.22. The van der Waals surface area contributed by atoms with Gasteiger partial charge in [0.25, 0.3) is 0 Å². The molecular weight excluding hydrogens is 352 g/mol. The summed E-state index contributed by atoms with van der Waals surface area (Å²) in [7, 11) is 0. The Morgan fingerprint density at radius 3 is 3.04 bits per heavy atom. The number of amides is 1. The SMILES string of the molecule is CCCCCn1cnnc1S[C@@H](C)C(=O)NCc1ccc2c(c1)OCO2. The van der Waals surface area contributed by atoms with Crippen molar-refractivity contribution in [2.45, 2.75) is 56.6 Å². The van der Waals surface area contributed by atoms with Gasteiger partial charge in [-0.2, -0.15) is 0 Å². The van der Waals surface area contributed by atoms with Crippen LogP contribution in [0.5, 0.6) is 11.5 Å². The maximum Gasteiger partial charge on any atom is 0.233 e. The first kappa shape index (κ1) is 18.6. The summed E-state index contributed by atoms with van der Waals surface area (Å²) in [4.78, 5) is 12.4. The van der Waals surface area contributed by atoms with Crippen LogP contribution in [0.15, 0.2) is 29.7 Å². The topological polar surface area (TPSA) is 78.3 Å². The summed E-state index contributed by atoms with van der Waals surface area (Å²) in [6, 6.07) is 5.68. The van der Waals surface area contributed by atoms with Gasteiger partial charge in [0.05, 0.1) is 5.25 Å². The van der Waals surface area contributed by atoms with Gasteiger partial charge in [0.2, 0.25) is 12.7 Å². The summed E-state index contributed by atoms with van der Waals surface area (Å²) >= 11 is 1.43. The van der Waals surface area contributed by atoms with Gasteiger partial charge >= 0.3 is 0 Å². The van der Waals surface area contributed by atoms with Gasteiger partial charge in [-0.3, -0.25) is 4.79 Å². The highest BCUT2D eigenvalue weighted by Gasteiger charge is 2.18. The third-order valence-corrected chi connectivity index (χ3v) is 5.23. The number of nitrogens with zero attached hydrogens (tertiary/aromatic N) is 3. The number of carbonyl (C=O) groups is 1. The van der Waals surface area contributed by atoms with Gasteiger partial charge in [-0.05, 0) is 31.0 Å². The van der Waals surface area contributed by atoms with Gasteiger partial charge in [-0.15, -0.1) is 10.2 Å². The van der Waals surface area contributed by atoms with Crippen molar-refractivity contribution in [3.05, 3.63) is 30.1 Å². The molecule has 0 fully saturated rings. The quantitative estimate of drug-likeness (QED) is 0.535. The summed E-state index contributed by atoms with van der Waals surface area (Å²) in [6.07, 6.45) is 5.17. The zero-order valence-electron chi connectivity index (χ0n) is 15.1. The number of fused-ring (bicyclic) bond motifs is 1. The van der Waals surface area contributed by atoms with Gasteiger partial charge in [-0.25, -0.2) is 0 Å². The number of benzene rings is 1. The van der Waals surface area contributed by atoms with Crippen LogP contribution < -0.4 is 14.8 Å². The van der Waals surface area contributed by atoms with E-state index in [1.54, 1.807) is 6.33 Å². The lowest BCUT2D eigenvalue weighted by Crippen LogP contribution is -2.30. The number of hydrogen-bond acceptors (Lipinski definition) is 6. The van der Waals surface area contributed by atoms with E-state index in [0.29, 0.717) is 6.54 Å². The molecule has 1 aromatic heterocycles. The Kier molecular flexibility index (Phi) is 6.38. The lowest BCUT2D eigenvalue weighted by atomic mass is 10.2. The van der Waals surface area contributed by atoms with Crippen LogP contribution in [0.25, 0.3) is 0 Å². The van der Waals surface area contributed by atoms with Crippen molar-refractivity contribution in [2.75, 3.05) is 6.79 Å². The molecule has 7 nitrogen and oxygen atoms in total. The third kappa shape index (κ3) is 4.69. The van der Waals surface area contributed by atoms with Crippen molar-refractivity contribution in [3.63, 3.8) is 0 Å². The van der Waals surface area contributed by atoms with Crippen LogP contribution in [0, 0.1) is 0 Å². The Morgan fingerprint density at radius 2 is 2.19 bits per heavy atom. The minimum absolute atomic E-state index is 0.0317. The molecule has 0 aliphatic carbocycles. The molecule has 140 valence electrons. The van der Waals surface area contributed by atoms with Gasteiger partial charge < -0.3 is 19.4 Å². The van der Waals surface area contributed by atoms with Crippen molar-refractivity contribution in [3.8, 4) is 11.5 Å². The standard InChI is InChI=1S/C18H24N4O3S/c1-3-4-5-8-22-11-20-21-18(22)26-13(2)17(23)19-10-14-6-7-15-16(9-14)25-12-24-15/h6-7,9,11,13H,3-5,8,10,12H2,1-2H3,(H,19,23)/t13-/m0/s1. The number of unbranched alkanes of at least 4 members (excludes halogenated alkanes) is 2. The second-order valence-corrected chi connectivity index (χ2v) is 7.49. The summed E-state index contributed by atoms with van der Waals surface area (Å²) in [6.45, 7) is 5.63. The fraction of sp³-hybridized carbons (Fsp3) is 0.500. The van der Waals surface area contributed by atoms with Crippen LogP contribution in [0.1, 0.15) is 38.7 Å². The lowest BCUT2D eigenvalue weighted by molar-refractivity contribution is -0.120. The van der Waals surface area contributed by atoms with Crippen LogP contribution in [-0.2, 0) is 17.9 Å². The first-order valence-electron chi connectivity index (χ1n) is 8.88. The van der Waals surface area contributed by atoms with E-state index in [1.165, 1.54) is 24.6 Å². The van der Waals surface area contributed by atoms with Gasteiger partial charge in [-0.1, -0.05) is 37.6 Å². The molecule has 3 rings (SSSR count). The van der Waals surface area contributed by atoms with Crippen LogP contribution in [0.2, 0.25) is 0 Å². The molecule has 1 N–H and O–H groups in total. The highest BCUT2D eigenvalue weighted by molar-refractivity contribution is 8.00. The molecule has 1 aliphatic heterocycles. The monoisotopic (exact) mass is 376 g/mol. The number of aromatic nitrogens is 3. The highest BCUT2D eigenvalue weighted by Crippen LogP contribution is 2.32. The van der Waals surface area contributed by atoms with E-state index < -0.39 is 0 Å². The molecule has 0 spiro atoms. The van der Waals surface area contributed by atoms with Gasteiger partial charge in [0, 0.05) is 13.1 Å². The second-order valence-electron chi connectivity index (χ2n) is 6.18. The van der Waals surface area contributed by atoms with E-state index in [-0.39, 0.29) is 18.0 Å². The fourth-order valence-electron chi connectivity index (χ4n) is 2.62. The van der Waals surface area contributed by atoms with E-state index in [9.17, 15) is 4.79 Å². The maximum atomic E-state index is 12.4. The molecule has 26 heavy (non-hydrogen) atoms. The number of ether oxygens (including phenoxy) is 2. The minimum atomic E-state index is -0.252. The molecule has 0 saturated heterocycles. The maximum absolute atomic E-state index is 12.4. The molecule has 1 amide bonds. The van der Waals surface area contributed by atoms with E-state index in [1.807, 2.05) is 29.7 Å². The first-order valence-corrected chi connectivity index (χ1v) is 9.76. The Balaban J connectivity index is 1.50. The number of nitrogens with one attached hydrogen (secondary N) is 1. The number of hydrogen-bond donors (Lipinski definition) is 1. The molecule has 0 radical (unpaired) electrons. The Labute approximate surface area is 157 Å². The zero-order valence-corrected chi connectivity index (χ0v) is 15.9. The molecule has 0 bridgehead atoms. The largest absolute Gasteiger partial charge is 0.454 e. The summed E-state index contributed by atoms with van der Waals surface area (Å²) in [5, 5.41) is 11.6. The van der Waals surface area contributed by atoms with Gasteiger partial charge in [0.15, 0.2) is 16.7 Å². The second kappa shape index (κ2) is 8.93. The predicted molar refractivity (Wildman–Crippen MR) is 99.3 cm³/mol. The molecule has 2 aromatic rings. The molecule has 2 heterocycles. The van der Waals surface area contributed by atoms with Crippen molar-refractivity contribution in [1.29, 1.82) is 0 Å². The van der Waals surface area contributed by atoms with Crippen molar-refractivity contribution >= 4 is 17.7 Å².